The van der Waals surface area contributed by atoms with E-state index in [2.05, 4.69) is 13.8 Å². The average molecular weight is 238 g/mol. The summed E-state index contributed by atoms with van der Waals surface area (Å²) >= 11 is 0. The van der Waals surface area contributed by atoms with Gasteiger partial charge in [-0.3, -0.25) is 0 Å². The molecule has 1 unspecified atom stereocenters. The molecule has 0 aliphatic carbocycles. The minimum absolute atomic E-state index is 0.0536. The number of benzene rings is 1. The number of para-hydroxylation sites is 2. The normalized spacial score (nSPS) is 14.1. The van der Waals surface area contributed by atoms with Crippen LogP contribution in [0.4, 0.5) is 0 Å². The highest BCUT2D eigenvalue weighted by atomic mass is 16.5. The number of aliphatic hydroxyl groups excluding tert-OH is 1. The van der Waals surface area contributed by atoms with Crippen LogP contribution in [0.25, 0.3) is 0 Å². The summed E-state index contributed by atoms with van der Waals surface area (Å²) in [6, 6.07) is 7.60. The van der Waals surface area contributed by atoms with E-state index in [1.165, 1.54) is 0 Å². The Bertz CT molecular complexity index is 332. The van der Waals surface area contributed by atoms with E-state index < -0.39 is 0 Å². The van der Waals surface area contributed by atoms with Crippen molar-refractivity contribution in [1.82, 2.24) is 0 Å². The van der Waals surface area contributed by atoms with Gasteiger partial charge in [0.15, 0.2) is 11.5 Å². The third-order valence-electron chi connectivity index (χ3n) is 3.27. The largest absolute Gasteiger partial charge is 0.493 e. The molecule has 3 heteroatoms. The molecule has 1 aromatic rings. The van der Waals surface area contributed by atoms with Crippen LogP contribution in [-0.2, 0) is 0 Å². The monoisotopic (exact) mass is 238 g/mol. The number of methoxy groups -OCH3 is 1. The second-order valence-corrected chi connectivity index (χ2v) is 4.57. The van der Waals surface area contributed by atoms with E-state index in [0.29, 0.717) is 6.61 Å². The van der Waals surface area contributed by atoms with Gasteiger partial charge in [-0.2, -0.15) is 0 Å². The molecule has 0 aromatic heterocycles. The maximum atomic E-state index is 9.30. The lowest BCUT2D eigenvalue weighted by Gasteiger charge is -2.25. The Morgan fingerprint density at radius 2 is 1.88 bits per heavy atom. The van der Waals surface area contributed by atoms with Gasteiger partial charge in [-0.1, -0.05) is 26.0 Å². The lowest BCUT2D eigenvalue weighted by Crippen LogP contribution is -2.23. The van der Waals surface area contributed by atoms with Crippen LogP contribution < -0.4 is 9.47 Å². The predicted molar refractivity (Wildman–Crippen MR) is 68.6 cm³/mol. The minimum atomic E-state index is -0.0536. The first-order chi connectivity index (χ1) is 8.15. The summed E-state index contributed by atoms with van der Waals surface area (Å²) in [4.78, 5) is 0. The molecule has 3 nitrogen and oxygen atoms in total. The summed E-state index contributed by atoms with van der Waals surface area (Å²) in [6.45, 7) is 4.93. The molecule has 0 spiro atoms. The van der Waals surface area contributed by atoms with E-state index in [4.69, 9.17) is 9.47 Å². The third-order valence-corrected chi connectivity index (χ3v) is 3.27. The fourth-order valence-electron chi connectivity index (χ4n) is 1.51. The van der Waals surface area contributed by atoms with Crippen molar-refractivity contribution in [3.05, 3.63) is 24.3 Å². The molecule has 0 aliphatic heterocycles. The molecule has 0 bridgehead atoms. The summed E-state index contributed by atoms with van der Waals surface area (Å²) in [7, 11) is 1.63. The Hall–Kier alpha value is -1.22. The van der Waals surface area contributed by atoms with Gasteiger partial charge in [-0.25, -0.2) is 0 Å². The Labute approximate surface area is 103 Å². The van der Waals surface area contributed by atoms with Crippen LogP contribution in [-0.4, -0.2) is 25.4 Å². The topological polar surface area (TPSA) is 38.7 Å². The standard InChI is InChI=1S/C14H22O3/c1-4-14(2,11-15)9-10-17-13-8-6-5-7-12(13)16-3/h5-8,15H,4,9-11H2,1-3H3. The summed E-state index contributed by atoms with van der Waals surface area (Å²) in [5.41, 5.74) is -0.0536. The number of rotatable bonds is 7. The molecule has 0 aliphatic rings. The molecule has 1 rings (SSSR count). The summed E-state index contributed by atoms with van der Waals surface area (Å²) in [5, 5.41) is 9.30. The molecular weight excluding hydrogens is 216 g/mol. The van der Waals surface area contributed by atoms with Gasteiger partial charge in [-0.05, 0) is 30.4 Å². The van der Waals surface area contributed by atoms with Crippen LogP contribution in [0.3, 0.4) is 0 Å². The fraction of sp³-hybridized carbons (Fsp3) is 0.571. The third kappa shape index (κ3) is 3.93. The summed E-state index contributed by atoms with van der Waals surface area (Å²) < 4.78 is 10.9. The molecule has 0 amide bonds. The molecule has 0 saturated heterocycles. The van der Waals surface area contributed by atoms with Crippen LogP contribution in [0.5, 0.6) is 11.5 Å². The highest BCUT2D eigenvalue weighted by molar-refractivity contribution is 5.39. The Kier molecular flexibility index (Phi) is 5.29. The number of hydrogen-bond donors (Lipinski definition) is 1. The van der Waals surface area contributed by atoms with E-state index in [0.717, 1.165) is 24.3 Å². The van der Waals surface area contributed by atoms with Crippen molar-refractivity contribution in [3.63, 3.8) is 0 Å². The number of hydrogen-bond acceptors (Lipinski definition) is 3. The zero-order valence-electron chi connectivity index (χ0n) is 10.9. The van der Waals surface area contributed by atoms with Crippen LogP contribution in [0.1, 0.15) is 26.7 Å². The molecular formula is C14H22O3. The van der Waals surface area contributed by atoms with Gasteiger partial charge in [0.25, 0.3) is 0 Å². The van der Waals surface area contributed by atoms with Crippen molar-refractivity contribution in [2.24, 2.45) is 5.41 Å². The lowest BCUT2D eigenvalue weighted by atomic mass is 9.85. The van der Waals surface area contributed by atoms with Gasteiger partial charge >= 0.3 is 0 Å². The van der Waals surface area contributed by atoms with Crippen molar-refractivity contribution in [3.8, 4) is 11.5 Å². The van der Waals surface area contributed by atoms with E-state index >= 15 is 0 Å². The zero-order valence-corrected chi connectivity index (χ0v) is 10.9. The van der Waals surface area contributed by atoms with Crippen molar-refractivity contribution in [1.29, 1.82) is 0 Å². The molecule has 0 saturated carbocycles. The van der Waals surface area contributed by atoms with E-state index in [9.17, 15) is 5.11 Å². The van der Waals surface area contributed by atoms with Crippen LogP contribution >= 0.6 is 0 Å². The van der Waals surface area contributed by atoms with E-state index in [1.54, 1.807) is 7.11 Å². The van der Waals surface area contributed by atoms with Crippen LogP contribution in [0.2, 0.25) is 0 Å². The second-order valence-electron chi connectivity index (χ2n) is 4.57. The number of ether oxygens (including phenoxy) is 2. The predicted octanol–water partition coefficient (Wildman–Crippen LogP) is 2.87. The fourth-order valence-corrected chi connectivity index (χ4v) is 1.51. The van der Waals surface area contributed by atoms with Gasteiger partial charge in [0.2, 0.25) is 0 Å². The first-order valence-electron chi connectivity index (χ1n) is 6.02. The molecule has 0 radical (unpaired) electrons. The van der Waals surface area contributed by atoms with Crippen molar-refractivity contribution < 1.29 is 14.6 Å². The van der Waals surface area contributed by atoms with Gasteiger partial charge in [0.05, 0.1) is 13.7 Å². The SMILES string of the molecule is CCC(C)(CO)CCOc1ccccc1OC. The van der Waals surface area contributed by atoms with E-state index in [-0.39, 0.29) is 12.0 Å². The van der Waals surface area contributed by atoms with E-state index in [1.807, 2.05) is 24.3 Å². The maximum absolute atomic E-state index is 9.30. The van der Waals surface area contributed by atoms with Crippen LogP contribution in [0.15, 0.2) is 24.3 Å². The van der Waals surface area contributed by atoms with Crippen molar-refractivity contribution in [2.45, 2.75) is 26.7 Å². The summed E-state index contributed by atoms with van der Waals surface area (Å²) in [5.74, 6) is 1.50. The van der Waals surface area contributed by atoms with Gasteiger partial charge < -0.3 is 14.6 Å². The minimum Gasteiger partial charge on any atom is -0.493 e. The Morgan fingerprint density at radius 1 is 1.24 bits per heavy atom. The van der Waals surface area contributed by atoms with Gasteiger partial charge in [-0.15, -0.1) is 0 Å². The first-order valence-corrected chi connectivity index (χ1v) is 6.02. The average Bonchev–Trinajstić information content (AvgIpc) is 2.39. The molecule has 1 aromatic carbocycles. The quantitative estimate of drug-likeness (QED) is 0.794. The first kappa shape index (κ1) is 13.8. The lowest BCUT2D eigenvalue weighted by molar-refractivity contribution is 0.107. The summed E-state index contributed by atoms with van der Waals surface area (Å²) in [6.07, 6.45) is 1.77. The molecule has 0 heterocycles. The molecule has 17 heavy (non-hydrogen) atoms. The molecule has 1 N–H and O–H groups in total. The molecule has 96 valence electrons. The highest BCUT2D eigenvalue weighted by Crippen LogP contribution is 2.28. The van der Waals surface area contributed by atoms with Crippen molar-refractivity contribution >= 4 is 0 Å². The highest BCUT2D eigenvalue weighted by Gasteiger charge is 2.20. The smallest absolute Gasteiger partial charge is 0.161 e. The maximum Gasteiger partial charge on any atom is 0.161 e. The zero-order chi connectivity index (χ0) is 12.7. The van der Waals surface area contributed by atoms with Gasteiger partial charge in [0.1, 0.15) is 0 Å². The molecule has 0 fully saturated rings. The van der Waals surface area contributed by atoms with Crippen molar-refractivity contribution in [2.75, 3.05) is 20.3 Å². The second kappa shape index (κ2) is 6.50. The van der Waals surface area contributed by atoms with Crippen LogP contribution in [0, 0.1) is 5.41 Å². The number of aliphatic hydroxyl groups is 1. The van der Waals surface area contributed by atoms with Gasteiger partial charge in [0, 0.05) is 6.61 Å². The Balaban J connectivity index is 2.51. The Morgan fingerprint density at radius 3 is 2.41 bits per heavy atom. The molecule has 1 atom stereocenters.